The van der Waals surface area contributed by atoms with Crippen molar-refractivity contribution in [1.82, 2.24) is 10.6 Å². The Morgan fingerprint density at radius 3 is 1.29 bits per heavy atom. The first-order valence-corrected chi connectivity index (χ1v) is 27.1. The molecule has 18 heteroatoms. The van der Waals surface area contributed by atoms with Crippen molar-refractivity contribution in [2.45, 2.75) is 108 Å². The number of aliphatic hydroxyl groups is 1. The van der Waals surface area contributed by atoms with Gasteiger partial charge in [0.15, 0.2) is 29.9 Å². The van der Waals surface area contributed by atoms with E-state index in [-0.39, 0.29) is 63.7 Å². The van der Waals surface area contributed by atoms with Gasteiger partial charge in [-0.1, -0.05) is 158 Å². The molecule has 10 atom stereocenters. The van der Waals surface area contributed by atoms with E-state index in [0.717, 1.165) is 22.3 Å². The van der Waals surface area contributed by atoms with Gasteiger partial charge < -0.3 is 58.4 Å². The third kappa shape index (κ3) is 17.5. The maximum atomic E-state index is 13.8. The highest BCUT2D eigenvalue weighted by Crippen LogP contribution is 2.42. The summed E-state index contributed by atoms with van der Waals surface area (Å²) in [6.07, 6.45) is -5.89. The number of fused-ring (bicyclic) bond motifs is 1. The molecule has 0 radical (unpaired) electrons. The number of carbonyl (C=O) groups excluding carboxylic acids is 6. The van der Waals surface area contributed by atoms with Gasteiger partial charge in [0.25, 0.3) is 0 Å². The van der Waals surface area contributed by atoms with E-state index in [4.69, 9.17) is 42.6 Å². The van der Waals surface area contributed by atoms with E-state index in [1.807, 2.05) is 127 Å². The second kappa shape index (κ2) is 29.6. The normalized spacial score (nSPS) is 22.0. The van der Waals surface area contributed by atoms with Crippen molar-refractivity contribution >= 4 is 35.7 Å². The molecule has 6 aromatic carbocycles. The molecule has 0 aromatic heterocycles. The first kappa shape index (κ1) is 60.0. The van der Waals surface area contributed by atoms with E-state index >= 15 is 0 Å². The van der Waals surface area contributed by atoms with Crippen LogP contribution in [0.15, 0.2) is 182 Å². The largest absolute Gasteiger partial charge is 0.459 e. The average molecular weight is 1120 g/mol. The van der Waals surface area contributed by atoms with E-state index in [9.17, 15) is 33.9 Å². The summed E-state index contributed by atoms with van der Waals surface area (Å²) in [7, 11) is 1.38. The molecule has 3 aliphatic rings. The molecule has 18 nitrogen and oxygen atoms in total. The molecule has 2 amide bonds. The summed E-state index contributed by atoms with van der Waals surface area (Å²) >= 11 is 0. The van der Waals surface area contributed by atoms with E-state index in [0.29, 0.717) is 11.1 Å². The summed E-state index contributed by atoms with van der Waals surface area (Å²) in [5, 5.41) is 16.3. The number of esters is 2. The number of amides is 2. The van der Waals surface area contributed by atoms with Gasteiger partial charge in [-0.15, -0.1) is 0 Å². The zero-order valence-corrected chi connectivity index (χ0v) is 45.8. The molecule has 3 fully saturated rings. The second-order valence-electron chi connectivity index (χ2n) is 20.4. The number of carbonyl (C=O) groups is 6. The van der Waals surface area contributed by atoms with Crippen molar-refractivity contribution in [2.75, 3.05) is 20.3 Å². The number of Topliss-reactive ketones (excluding diaryl/α,β-unsaturated/α-hetero) is 2. The van der Waals surface area contributed by atoms with Gasteiger partial charge in [0, 0.05) is 31.8 Å². The molecule has 3 aliphatic heterocycles. The van der Waals surface area contributed by atoms with Crippen LogP contribution in [0.5, 0.6) is 0 Å². The van der Waals surface area contributed by atoms with Gasteiger partial charge in [-0.2, -0.15) is 0 Å². The fraction of sp³-hybridized carbons (Fsp3) is 0.344. The number of aliphatic hydroxyl groups excluding tert-OH is 1. The fourth-order valence-electron chi connectivity index (χ4n) is 9.82. The second-order valence-corrected chi connectivity index (χ2v) is 20.4. The van der Waals surface area contributed by atoms with Crippen molar-refractivity contribution in [3.05, 3.63) is 215 Å². The fourth-order valence-corrected chi connectivity index (χ4v) is 9.82. The summed E-state index contributed by atoms with van der Waals surface area (Å²) < 4.78 is 50.9. The van der Waals surface area contributed by atoms with Crippen LogP contribution in [0.4, 0.5) is 9.59 Å². The lowest BCUT2D eigenvalue weighted by Crippen LogP contribution is -2.45. The zero-order chi connectivity index (χ0) is 57.8. The Labute approximate surface area is 476 Å². The van der Waals surface area contributed by atoms with Gasteiger partial charge >= 0.3 is 24.1 Å². The lowest BCUT2D eigenvalue weighted by atomic mass is 9.89. The SMILES string of the molecule is CC1(C)OC2[C@H](O[C@H](COC(=O)c3ccccc3)[C@@H]2CC(=O)[C@H](Cc2ccccc2)NC(=O)OCc2ccccc2)O1.CO[C@@H]1O[C@H](COC(=O)c2ccccc2)[C@H](CC(=O)[C@H](Cc2ccccc2)NC(=O)OCc2ccccc2)C1O. The van der Waals surface area contributed by atoms with Gasteiger partial charge in [0.05, 0.1) is 23.2 Å². The molecular formula is C64H68N2O16. The van der Waals surface area contributed by atoms with Crippen molar-refractivity contribution < 1.29 is 76.5 Å². The molecule has 0 bridgehead atoms. The number of benzene rings is 6. The number of methoxy groups -OCH3 is 1. The van der Waals surface area contributed by atoms with Crippen LogP contribution in [0.1, 0.15) is 69.7 Å². The van der Waals surface area contributed by atoms with Gasteiger partial charge in [0.2, 0.25) is 0 Å². The highest BCUT2D eigenvalue weighted by Gasteiger charge is 2.55. The molecule has 3 N–H and O–H groups in total. The monoisotopic (exact) mass is 1120 g/mol. The van der Waals surface area contributed by atoms with Crippen LogP contribution in [0.3, 0.4) is 0 Å². The number of hydrogen-bond acceptors (Lipinski definition) is 16. The molecule has 3 saturated heterocycles. The predicted octanol–water partition coefficient (Wildman–Crippen LogP) is 8.52. The van der Waals surface area contributed by atoms with Crippen LogP contribution >= 0.6 is 0 Å². The van der Waals surface area contributed by atoms with E-state index < -0.39 is 90.8 Å². The minimum absolute atomic E-state index is 0.00459. The summed E-state index contributed by atoms with van der Waals surface area (Å²) in [5.41, 5.74) is 4.16. The molecule has 430 valence electrons. The number of ether oxygens (including phenoxy) is 9. The number of alkyl carbamates (subject to hydrolysis) is 2. The van der Waals surface area contributed by atoms with Crippen LogP contribution in [0, 0.1) is 11.8 Å². The summed E-state index contributed by atoms with van der Waals surface area (Å²) in [5.74, 6) is -3.70. The molecule has 0 aliphatic carbocycles. The van der Waals surface area contributed by atoms with E-state index in [2.05, 4.69) is 10.6 Å². The van der Waals surface area contributed by atoms with Crippen LogP contribution in [0.2, 0.25) is 0 Å². The van der Waals surface area contributed by atoms with Gasteiger partial charge in [-0.05, 0) is 73.2 Å². The van der Waals surface area contributed by atoms with Gasteiger partial charge in [0.1, 0.15) is 50.8 Å². The quantitative estimate of drug-likeness (QED) is 0.0403. The van der Waals surface area contributed by atoms with E-state index in [1.165, 1.54) is 7.11 Å². The number of hydrogen-bond donors (Lipinski definition) is 3. The van der Waals surface area contributed by atoms with Crippen LogP contribution in [-0.4, -0.2) is 116 Å². The first-order chi connectivity index (χ1) is 39.7. The Kier molecular flexibility index (Phi) is 21.6. The molecular weight excluding hydrogens is 1050 g/mol. The number of rotatable bonds is 23. The smallest absolute Gasteiger partial charge is 0.408 e. The highest BCUT2D eigenvalue weighted by atomic mass is 16.8. The summed E-state index contributed by atoms with van der Waals surface area (Å²) in [6.45, 7) is 3.42. The lowest BCUT2D eigenvalue weighted by molar-refractivity contribution is -0.213. The van der Waals surface area contributed by atoms with E-state index in [1.54, 1.807) is 68.4 Å². The molecule has 9 rings (SSSR count). The minimum atomic E-state index is -1.14. The van der Waals surface area contributed by atoms with Gasteiger partial charge in [-0.3, -0.25) is 9.59 Å². The number of ketones is 2. The maximum Gasteiger partial charge on any atom is 0.408 e. The average Bonchev–Trinajstić information content (AvgIpc) is 3.85. The van der Waals surface area contributed by atoms with Gasteiger partial charge in [-0.25, -0.2) is 19.2 Å². The highest BCUT2D eigenvalue weighted by molar-refractivity contribution is 5.90. The Morgan fingerprint density at radius 2 is 0.878 bits per heavy atom. The molecule has 82 heavy (non-hydrogen) atoms. The number of nitrogens with one attached hydrogen (secondary N) is 2. The molecule has 0 saturated carbocycles. The Balaban J connectivity index is 0.000000215. The maximum absolute atomic E-state index is 13.8. The van der Waals surface area contributed by atoms with Crippen LogP contribution < -0.4 is 10.6 Å². The van der Waals surface area contributed by atoms with Crippen molar-refractivity contribution in [2.24, 2.45) is 11.8 Å². The Hall–Kier alpha value is -8.10. The molecule has 3 heterocycles. The zero-order valence-electron chi connectivity index (χ0n) is 45.8. The molecule has 6 aromatic rings. The summed E-state index contributed by atoms with van der Waals surface area (Å²) in [6, 6.07) is 52.6. The molecule has 0 spiro atoms. The Bertz CT molecular complexity index is 2990. The van der Waals surface area contributed by atoms with Crippen LogP contribution in [-0.2, 0) is 78.3 Å². The first-order valence-electron chi connectivity index (χ1n) is 27.1. The lowest BCUT2D eigenvalue weighted by Gasteiger charge is -2.26. The van der Waals surface area contributed by atoms with Crippen LogP contribution in [0.25, 0.3) is 0 Å². The molecule has 2 unspecified atom stereocenters. The Morgan fingerprint density at radius 1 is 0.500 bits per heavy atom. The van der Waals surface area contributed by atoms with Crippen molar-refractivity contribution in [3.63, 3.8) is 0 Å². The third-order valence-corrected chi connectivity index (χ3v) is 14.0. The van der Waals surface area contributed by atoms with Crippen molar-refractivity contribution in [3.8, 4) is 0 Å². The van der Waals surface area contributed by atoms with Crippen molar-refractivity contribution in [1.29, 1.82) is 0 Å². The minimum Gasteiger partial charge on any atom is -0.459 e. The predicted molar refractivity (Wildman–Crippen MR) is 297 cm³/mol. The standard InChI is InChI=1S/C33H35NO8.C31H33NO8/c1-33(2)41-29-25(28(40-31(29)42-33)21-38-30(36)24-16-10-5-11-17-24)19-27(35)26(18-22-12-6-3-7-13-22)34-32(37)39-20-23-14-8-4-9-15-23;1-37-30-28(34)24(27(40-30)20-38-29(35)23-15-9-4-10-16-23)18-26(33)25(17-21-11-5-2-6-12-21)32-31(36)39-19-22-13-7-3-8-14-22/h3-17,25-26,28-29,31H,18-21H2,1-2H3,(H,34,37);2-16,24-25,27-28,30,34H,17-20H2,1H3,(H,32,36)/t25-,26-,28+,29?,31+;24-,25-,27+,28?,30+/m00/s1. The third-order valence-electron chi connectivity index (χ3n) is 14.0. The topological polar surface area (TPSA) is 230 Å². The summed E-state index contributed by atoms with van der Waals surface area (Å²) in [4.78, 5) is 77.9.